The summed E-state index contributed by atoms with van der Waals surface area (Å²) >= 11 is 0. The number of ether oxygens (including phenoxy) is 1. The Bertz CT molecular complexity index is 1320. The number of aromatic nitrogens is 1. The summed E-state index contributed by atoms with van der Waals surface area (Å²) in [7, 11) is -0.877. The highest BCUT2D eigenvalue weighted by atomic mass is 32.2. The molecule has 0 bridgehead atoms. The first-order valence-corrected chi connectivity index (χ1v) is 14.7. The maximum Gasteiger partial charge on any atom is 0.119 e. The molecule has 5 heteroatoms. The van der Waals surface area contributed by atoms with Crippen LogP contribution in [0, 0.1) is 0 Å². The first kappa shape index (κ1) is 27.3. The van der Waals surface area contributed by atoms with Crippen LogP contribution in [0.4, 0.5) is 0 Å². The van der Waals surface area contributed by atoms with E-state index in [1.165, 1.54) is 11.1 Å². The number of phenols is 1. The highest BCUT2D eigenvalue weighted by Gasteiger charge is 2.13. The first-order chi connectivity index (χ1) is 18.6. The maximum absolute atomic E-state index is 12.3. The number of nitrogens with zero attached hydrogens (tertiary/aromatic N) is 1. The molecule has 1 unspecified atom stereocenters. The molecule has 4 nitrogen and oxygen atoms in total. The normalized spacial score (nSPS) is 12.6. The summed E-state index contributed by atoms with van der Waals surface area (Å²) in [4.78, 5) is 4.25. The van der Waals surface area contributed by atoms with E-state index in [-0.39, 0.29) is 5.75 Å². The summed E-state index contributed by atoms with van der Waals surface area (Å²) in [5.41, 5.74) is 6.67. The minimum atomic E-state index is -0.877. The fourth-order valence-electron chi connectivity index (χ4n) is 4.48. The molecule has 4 rings (SSSR count). The second-order valence-electron chi connectivity index (χ2n) is 9.16. The van der Waals surface area contributed by atoms with Gasteiger partial charge >= 0.3 is 0 Å². The molecule has 1 aromatic heterocycles. The molecule has 0 amide bonds. The average Bonchev–Trinajstić information content (AvgIpc) is 2.95. The van der Waals surface area contributed by atoms with Crippen LogP contribution in [0.25, 0.3) is 11.1 Å². The first-order valence-electron chi connectivity index (χ1n) is 13.2. The molecule has 1 atom stereocenters. The predicted molar refractivity (Wildman–Crippen MR) is 157 cm³/mol. The van der Waals surface area contributed by atoms with Crippen LogP contribution < -0.4 is 4.74 Å². The Morgan fingerprint density at radius 2 is 1.47 bits per heavy atom. The van der Waals surface area contributed by atoms with E-state index in [1.54, 1.807) is 18.3 Å². The minimum absolute atomic E-state index is 0.258. The fourth-order valence-corrected chi connectivity index (χ4v) is 5.65. The van der Waals surface area contributed by atoms with Crippen LogP contribution in [0.2, 0.25) is 0 Å². The molecule has 38 heavy (non-hydrogen) atoms. The van der Waals surface area contributed by atoms with E-state index in [0.29, 0.717) is 18.1 Å². The van der Waals surface area contributed by atoms with E-state index in [4.69, 9.17) is 4.74 Å². The third kappa shape index (κ3) is 7.90. The van der Waals surface area contributed by atoms with Crippen LogP contribution in [-0.2, 0) is 16.6 Å². The zero-order valence-electron chi connectivity index (χ0n) is 21.9. The van der Waals surface area contributed by atoms with Crippen molar-refractivity contribution < 1.29 is 14.1 Å². The van der Waals surface area contributed by atoms with E-state index >= 15 is 0 Å². The van der Waals surface area contributed by atoms with Crippen molar-refractivity contribution in [2.75, 3.05) is 12.4 Å². The number of hydrogen-bond acceptors (Lipinski definition) is 4. The molecule has 0 aliphatic heterocycles. The lowest BCUT2D eigenvalue weighted by Gasteiger charge is -2.17. The number of allylic oxidation sites excluding steroid dienone is 1. The van der Waals surface area contributed by atoms with E-state index in [9.17, 15) is 9.32 Å². The van der Waals surface area contributed by atoms with Gasteiger partial charge in [-0.2, -0.15) is 0 Å². The topological polar surface area (TPSA) is 59.4 Å². The van der Waals surface area contributed by atoms with Crippen molar-refractivity contribution >= 4 is 21.9 Å². The summed E-state index contributed by atoms with van der Waals surface area (Å²) in [5.74, 6) is 2.32. The van der Waals surface area contributed by atoms with Gasteiger partial charge in [0, 0.05) is 22.7 Å². The number of benzene rings is 3. The monoisotopic (exact) mass is 525 g/mol. The second-order valence-corrected chi connectivity index (χ2v) is 10.7. The Morgan fingerprint density at radius 3 is 2.13 bits per heavy atom. The van der Waals surface area contributed by atoms with Crippen molar-refractivity contribution in [3.8, 4) is 11.5 Å². The molecule has 3 aromatic carbocycles. The van der Waals surface area contributed by atoms with Gasteiger partial charge in [0.15, 0.2) is 0 Å². The molecule has 0 aliphatic rings. The Kier molecular flexibility index (Phi) is 10.3. The van der Waals surface area contributed by atoms with E-state index < -0.39 is 10.8 Å². The van der Waals surface area contributed by atoms with Crippen LogP contribution >= 0.6 is 0 Å². The van der Waals surface area contributed by atoms with Gasteiger partial charge in [0.25, 0.3) is 0 Å². The largest absolute Gasteiger partial charge is 0.508 e. The lowest BCUT2D eigenvalue weighted by Crippen LogP contribution is -2.04. The molecular weight excluding hydrogens is 490 g/mol. The van der Waals surface area contributed by atoms with Crippen molar-refractivity contribution in [3.63, 3.8) is 0 Å². The molecule has 1 heterocycles. The van der Waals surface area contributed by atoms with E-state index in [2.05, 4.69) is 48.3 Å². The van der Waals surface area contributed by atoms with E-state index in [0.717, 1.165) is 53.8 Å². The number of aromatic hydroxyl groups is 1. The van der Waals surface area contributed by atoms with Crippen LogP contribution in [0.1, 0.15) is 55.0 Å². The van der Waals surface area contributed by atoms with Gasteiger partial charge in [-0.05, 0) is 89.9 Å². The molecule has 0 saturated heterocycles. The third-order valence-electron chi connectivity index (χ3n) is 6.40. The van der Waals surface area contributed by atoms with Crippen molar-refractivity contribution in [1.82, 2.24) is 4.98 Å². The molecule has 0 fully saturated rings. The number of hydrogen-bond donors (Lipinski definition) is 1. The fraction of sp³-hybridized carbons (Fsp3) is 0.242. The summed E-state index contributed by atoms with van der Waals surface area (Å²) in [6.07, 6.45) is 5.45. The Hall–Kier alpha value is -3.70. The van der Waals surface area contributed by atoms with Gasteiger partial charge in [0.1, 0.15) is 11.5 Å². The number of unbranched alkanes of at least 4 members (excludes halogenated alkanes) is 2. The summed E-state index contributed by atoms with van der Waals surface area (Å²) in [5, 5.41) is 9.83. The molecule has 0 aliphatic carbocycles. The molecule has 1 N–H and O–H groups in total. The van der Waals surface area contributed by atoms with Gasteiger partial charge in [-0.3, -0.25) is 9.19 Å². The Morgan fingerprint density at radius 1 is 0.789 bits per heavy atom. The second kappa shape index (κ2) is 14.3. The van der Waals surface area contributed by atoms with Gasteiger partial charge < -0.3 is 9.84 Å². The minimum Gasteiger partial charge on any atom is -0.508 e. The van der Waals surface area contributed by atoms with Crippen molar-refractivity contribution in [1.29, 1.82) is 0 Å². The zero-order valence-corrected chi connectivity index (χ0v) is 22.7. The van der Waals surface area contributed by atoms with Crippen molar-refractivity contribution in [2.24, 2.45) is 0 Å². The summed E-state index contributed by atoms with van der Waals surface area (Å²) in [6, 6.07) is 31.8. The van der Waals surface area contributed by atoms with Crippen LogP contribution in [0.3, 0.4) is 0 Å². The predicted octanol–water partition coefficient (Wildman–Crippen LogP) is 7.65. The zero-order chi connectivity index (χ0) is 26.6. The van der Waals surface area contributed by atoms with Crippen molar-refractivity contribution in [3.05, 3.63) is 126 Å². The standard InChI is InChI=1S/C33H35NO3S/c1-2-32(26-11-5-3-6-12-26)33(27-14-18-30(35)19-15-27)28-16-20-31(21-17-28)37-23-9-4-10-24-38(36)25-29-13-7-8-22-34-29/h3,5-8,11-22,35H,2,4,9-10,23-25H2,1H3/b33-32-. The van der Waals surface area contributed by atoms with Gasteiger partial charge in [0.2, 0.25) is 0 Å². The van der Waals surface area contributed by atoms with Crippen LogP contribution in [0.5, 0.6) is 11.5 Å². The quantitative estimate of drug-likeness (QED) is 0.144. The molecule has 196 valence electrons. The molecule has 0 spiro atoms. The van der Waals surface area contributed by atoms with E-state index in [1.807, 2.05) is 48.5 Å². The molecule has 0 radical (unpaired) electrons. The lowest BCUT2D eigenvalue weighted by atomic mass is 9.88. The maximum atomic E-state index is 12.3. The molecule has 4 aromatic rings. The third-order valence-corrected chi connectivity index (χ3v) is 7.76. The van der Waals surface area contributed by atoms with Gasteiger partial charge in [0.05, 0.1) is 18.1 Å². The molecular formula is C33H35NO3S. The van der Waals surface area contributed by atoms with Crippen LogP contribution in [0.15, 0.2) is 103 Å². The highest BCUT2D eigenvalue weighted by molar-refractivity contribution is 7.84. The van der Waals surface area contributed by atoms with Crippen LogP contribution in [-0.4, -0.2) is 26.7 Å². The highest BCUT2D eigenvalue weighted by Crippen LogP contribution is 2.35. The lowest BCUT2D eigenvalue weighted by molar-refractivity contribution is 0.306. The number of rotatable bonds is 13. The number of pyridine rings is 1. The number of phenolic OH excluding ortho intramolecular Hbond substituents is 1. The average molecular weight is 526 g/mol. The summed E-state index contributed by atoms with van der Waals surface area (Å²) < 4.78 is 18.3. The Labute approximate surface area is 228 Å². The van der Waals surface area contributed by atoms with Gasteiger partial charge in [-0.15, -0.1) is 0 Å². The SMILES string of the molecule is CC/C(=C(\c1ccc(O)cc1)c1ccc(OCCCCCS(=O)Cc2ccccn2)cc1)c1ccccc1. The summed E-state index contributed by atoms with van der Waals surface area (Å²) in [6.45, 7) is 2.81. The van der Waals surface area contributed by atoms with Gasteiger partial charge in [-0.1, -0.05) is 67.6 Å². The Balaban J connectivity index is 1.35. The van der Waals surface area contributed by atoms with Gasteiger partial charge in [-0.25, -0.2) is 0 Å². The van der Waals surface area contributed by atoms with Crippen molar-refractivity contribution in [2.45, 2.75) is 38.4 Å². The smallest absolute Gasteiger partial charge is 0.119 e. The molecule has 0 saturated carbocycles.